The number of ether oxygens (including phenoxy) is 3. The van der Waals surface area contributed by atoms with Gasteiger partial charge in [0.05, 0.1) is 0 Å². The average molecular weight is 829 g/mol. The van der Waals surface area contributed by atoms with E-state index in [4.69, 9.17) is 14.2 Å². The summed E-state index contributed by atoms with van der Waals surface area (Å²) in [4.78, 5) is 37.6. The molecule has 0 bridgehead atoms. The first-order valence-corrected chi connectivity index (χ1v) is 25.5. The first kappa shape index (κ1) is 56.6. The molecule has 0 aliphatic rings. The molecule has 0 saturated heterocycles. The van der Waals surface area contributed by atoms with E-state index in [0.717, 1.165) is 103 Å². The van der Waals surface area contributed by atoms with Crippen molar-refractivity contribution in [2.24, 2.45) is 0 Å². The summed E-state index contributed by atoms with van der Waals surface area (Å²) in [6, 6.07) is 0. The highest BCUT2D eigenvalue weighted by atomic mass is 16.6. The van der Waals surface area contributed by atoms with Gasteiger partial charge in [0.25, 0.3) is 0 Å². The number of carbonyl (C=O) groups is 3. The Morgan fingerprint density at radius 1 is 0.356 bits per heavy atom. The number of hydrogen-bond acceptors (Lipinski definition) is 6. The van der Waals surface area contributed by atoms with Crippen molar-refractivity contribution in [3.05, 3.63) is 36.5 Å². The van der Waals surface area contributed by atoms with Gasteiger partial charge in [-0.25, -0.2) is 0 Å². The lowest BCUT2D eigenvalue weighted by Crippen LogP contribution is -2.30. The number of esters is 3. The van der Waals surface area contributed by atoms with E-state index in [1.165, 1.54) is 122 Å². The maximum absolute atomic E-state index is 12.7. The third-order valence-electron chi connectivity index (χ3n) is 11.2. The second-order valence-electron chi connectivity index (χ2n) is 17.1. The Bertz CT molecular complexity index is 1000. The number of allylic oxidation sites excluding steroid dienone is 6. The fourth-order valence-electron chi connectivity index (χ4n) is 7.34. The van der Waals surface area contributed by atoms with E-state index in [9.17, 15) is 14.4 Å². The van der Waals surface area contributed by atoms with Crippen LogP contribution in [0, 0.1) is 0 Å². The summed E-state index contributed by atoms with van der Waals surface area (Å²) in [7, 11) is 0. The van der Waals surface area contributed by atoms with Crippen molar-refractivity contribution in [3.8, 4) is 0 Å². The molecule has 0 N–H and O–H groups in total. The van der Waals surface area contributed by atoms with Crippen LogP contribution >= 0.6 is 0 Å². The second kappa shape index (κ2) is 48.3. The predicted octanol–water partition coefficient (Wildman–Crippen LogP) is 16.5. The lowest BCUT2D eigenvalue weighted by molar-refractivity contribution is -0.167. The van der Waals surface area contributed by atoms with Gasteiger partial charge in [-0.3, -0.25) is 14.4 Å². The standard InChI is InChI=1S/C53H96O6/c1-4-7-10-13-15-17-19-21-23-24-25-26-27-28-30-31-33-35-37-40-43-46-52(55)58-49-50(48-57-51(54)45-42-39-12-9-6-3)59-53(56)47-44-41-38-36-34-32-29-22-20-18-16-14-11-8-5-2/h8,11,16,18,22,29,50H,4-7,9-10,12-15,17,19-21,23-28,30-49H2,1-3H3/b11-8-,18-16-,29-22-. The molecule has 6 nitrogen and oxygen atoms in total. The number of rotatable bonds is 46. The summed E-state index contributed by atoms with van der Waals surface area (Å²) in [6.07, 6.45) is 56.0. The molecule has 6 heteroatoms. The normalized spacial score (nSPS) is 12.3. The largest absolute Gasteiger partial charge is 0.462 e. The van der Waals surface area contributed by atoms with Crippen molar-refractivity contribution in [3.63, 3.8) is 0 Å². The maximum atomic E-state index is 12.7. The first-order valence-electron chi connectivity index (χ1n) is 25.5. The zero-order chi connectivity index (χ0) is 43.0. The number of carbonyl (C=O) groups excluding carboxylic acids is 3. The van der Waals surface area contributed by atoms with Crippen LogP contribution in [0.3, 0.4) is 0 Å². The SMILES string of the molecule is CC/C=C\C/C=C\C/C=C\CCCCCCCC(=O)OC(COC(=O)CCCCCCC)COC(=O)CCCCCCCCCCCCCCCCCCCCCCC. The fourth-order valence-corrected chi connectivity index (χ4v) is 7.34. The van der Waals surface area contributed by atoms with Crippen LogP contribution in [0.5, 0.6) is 0 Å². The molecule has 0 spiro atoms. The maximum Gasteiger partial charge on any atom is 0.306 e. The van der Waals surface area contributed by atoms with E-state index >= 15 is 0 Å². The smallest absolute Gasteiger partial charge is 0.306 e. The quantitative estimate of drug-likeness (QED) is 0.0263. The minimum absolute atomic E-state index is 0.0766. The van der Waals surface area contributed by atoms with Crippen LogP contribution in [0.15, 0.2) is 36.5 Å². The molecule has 0 aromatic heterocycles. The van der Waals surface area contributed by atoms with Gasteiger partial charge in [0.15, 0.2) is 6.10 Å². The average Bonchev–Trinajstić information content (AvgIpc) is 3.23. The molecule has 1 atom stereocenters. The summed E-state index contributed by atoms with van der Waals surface area (Å²) in [5, 5.41) is 0. The second-order valence-corrected chi connectivity index (χ2v) is 17.1. The minimum atomic E-state index is -0.773. The monoisotopic (exact) mass is 829 g/mol. The molecule has 0 aromatic carbocycles. The van der Waals surface area contributed by atoms with Crippen molar-refractivity contribution in [2.45, 2.75) is 271 Å². The molecule has 0 rings (SSSR count). The molecular formula is C53H96O6. The van der Waals surface area contributed by atoms with E-state index in [1.54, 1.807) is 0 Å². The molecular weight excluding hydrogens is 733 g/mol. The molecule has 0 fully saturated rings. The van der Waals surface area contributed by atoms with Crippen LogP contribution in [0.1, 0.15) is 265 Å². The van der Waals surface area contributed by atoms with Crippen LogP contribution < -0.4 is 0 Å². The minimum Gasteiger partial charge on any atom is -0.462 e. The van der Waals surface area contributed by atoms with Gasteiger partial charge in [0.2, 0.25) is 0 Å². The molecule has 0 amide bonds. The highest BCUT2D eigenvalue weighted by molar-refractivity contribution is 5.71. The molecule has 1 unspecified atom stereocenters. The van der Waals surface area contributed by atoms with Crippen LogP contribution in [-0.4, -0.2) is 37.2 Å². The van der Waals surface area contributed by atoms with Gasteiger partial charge in [0.1, 0.15) is 13.2 Å². The van der Waals surface area contributed by atoms with E-state index < -0.39 is 6.10 Å². The summed E-state index contributed by atoms with van der Waals surface area (Å²) in [5.74, 6) is -0.899. The highest BCUT2D eigenvalue weighted by Gasteiger charge is 2.19. The Morgan fingerprint density at radius 2 is 0.661 bits per heavy atom. The number of unbranched alkanes of at least 4 members (excludes halogenated alkanes) is 29. The van der Waals surface area contributed by atoms with Gasteiger partial charge in [-0.2, -0.15) is 0 Å². The van der Waals surface area contributed by atoms with Crippen molar-refractivity contribution in [1.29, 1.82) is 0 Å². The highest BCUT2D eigenvalue weighted by Crippen LogP contribution is 2.16. The van der Waals surface area contributed by atoms with E-state index in [2.05, 4.69) is 57.2 Å². The zero-order valence-electron chi connectivity index (χ0n) is 39.3. The Hall–Kier alpha value is -2.37. The van der Waals surface area contributed by atoms with Crippen molar-refractivity contribution in [1.82, 2.24) is 0 Å². The molecule has 0 aromatic rings. The van der Waals surface area contributed by atoms with Crippen molar-refractivity contribution >= 4 is 17.9 Å². The molecule has 0 saturated carbocycles. The third kappa shape index (κ3) is 46.5. The van der Waals surface area contributed by atoms with Gasteiger partial charge >= 0.3 is 17.9 Å². The predicted molar refractivity (Wildman–Crippen MR) is 252 cm³/mol. The Labute approximate surface area is 365 Å². The molecule has 0 heterocycles. The number of hydrogen-bond donors (Lipinski definition) is 0. The van der Waals surface area contributed by atoms with Gasteiger partial charge in [-0.15, -0.1) is 0 Å². The van der Waals surface area contributed by atoms with Crippen molar-refractivity contribution in [2.75, 3.05) is 13.2 Å². The molecule has 59 heavy (non-hydrogen) atoms. The molecule has 344 valence electrons. The zero-order valence-corrected chi connectivity index (χ0v) is 39.3. The van der Waals surface area contributed by atoms with E-state index in [1.807, 2.05) is 0 Å². The van der Waals surface area contributed by atoms with Gasteiger partial charge in [0, 0.05) is 19.3 Å². The van der Waals surface area contributed by atoms with Crippen LogP contribution in [0.25, 0.3) is 0 Å². The summed E-state index contributed by atoms with van der Waals surface area (Å²) in [6.45, 7) is 6.45. The third-order valence-corrected chi connectivity index (χ3v) is 11.2. The summed E-state index contributed by atoms with van der Waals surface area (Å²) >= 11 is 0. The van der Waals surface area contributed by atoms with E-state index in [0.29, 0.717) is 19.3 Å². The fraction of sp³-hybridized carbons (Fsp3) is 0.830. The van der Waals surface area contributed by atoms with Crippen LogP contribution in [0.2, 0.25) is 0 Å². The van der Waals surface area contributed by atoms with E-state index in [-0.39, 0.29) is 31.1 Å². The summed E-state index contributed by atoms with van der Waals surface area (Å²) < 4.78 is 16.6. The van der Waals surface area contributed by atoms with Crippen LogP contribution in [0.4, 0.5) is 0 Å². The van der Waals surface area contributed by atoms with Gasteiger partial charge in [-0.1, -0.05) is 231 Å². The molecule has 0 aliphatic carbocycles. The lowest BCUT2D eigenvalue weighted by atomic mass is 10.0. The Kier molecular flexibility index (Phi) is 46.4. The Balaban J connectivity index is 4.11. The summed E-state index contributed by atoms with van der Waals surface area (Å²) in [5.41, 5.74) is 0. The van der Waals surface area contributed by atoms with Gasteiger partial charge in [-0.05, 0) is 51.4 Å². The van der Waals surface area contributed by atoms with Crippen LogP contribution in [-0.2, 0) is 28.6 Å². The molecule has 0 aliphatic heterocycles. The first-order chi connectivity index (χ1) is 29.0. The Morgan fingerprint density at radius 3 is 1.03 bits per heavy atom. The lowest BCUT2D eigenvalue weighted by Gasteiger charge is -2.18. The topological polar surface area (TPSA) is 78.9 Å². The van der Waals surface area contributed by atoms with Crippen molar-refractivity contribution < 1.29 is 28.6 Å². The van der Waals surface area contributed by atoms with Gasteiger partial charge < -0.3 is 14.2 Å². The molecule has 0 radical (unpaired) electrons.